The molecule has 1 saturated carbocycles. The molecule has 0 aromatic carbocycles. The van der Waals surface area contributed by atoms with Gasteiger partial charge in [0, 0.05) is 12.5 Å². The van der Waals surface area contributed by atoms with Gasteiger partial charge < -0.3 is 5.73 Å². The normalized spacial score (nSPS) is 16.5. The number of primary amides is 1. The van der Waals surface area contributed by atoms with Crippen molar-refractivity contribution in [1.82, 2.24) is 4.90 Å². The number of rotatable bonds is 7. The van der Waals surface area contributed by atoms with Crippen LogP contribution in [0.2, 0.25) is 0 Å². The predicted molar refractivity (Wildman–Crippen MR) is 62.5 cm³/mol. The zero-order chi connectivity index (χ0) is 11.8. The second kappa shape index (κ2) is 7.24. The van der Waals surface area contributed by atoms with Crippen LogP contribution >= 0.6 is 0 Å². The van der Waals surface area contributed by atoms with Crippen LogP contribution in [0.25, 0.3) is 0 Å². The van der Waals surface area contributed by atoms with E-state index in [1.807, 2.05) is 0 Å². The van der Waals surface area contributed by atoms with Crippen LogP contribution in [0.4, 0.5) is 0 Å². The third-order valence-corrected chi connectivity index (χ3v) is 3.18. The van der Waals surface area contributed by atoms with Crippen molar-refractivity contribution in [2.45, 2.75) is 51.0 Å². The van der Waals surface area contributed by atoms with Crippen molar-refractivity contribution in [2.24, 2.45) is 5.73 Å². The lowest BCUT2D eigenvalue weighted by molar-refractivity contribution is -0.119. The van der Waals surface area contributed by atoms with Crippen molar-refractivity contribution in [2.75, 3.05) is 13.1 Å². The van der Waals surface area contributed by atoms with Gasteiger partial charge in [-0.2, -0.15) is 5.26 Å². The van der Waals surface area contributed by atoms with Crippen molar-refractivity contribution in [3.8, 4) is 6.07 Å². The molecule has 4 nitrogen and oxygen atoms in total. The molecule has 1 fully saturated rings. The lowest BCUT2D eigenvalue weighted by Crippen LogP contribution is -2.40. The summed E-state index contributed by atoms with van der Waals surface area (Å²) in [6.45, 7) is 1.27. The predicted octanol–water partition coefficient (Wildman–Crippen LogP) is 1.41. The number of nitrogens with two attached hydrogens (primary N) is 1. The van der Waals surface area contributed by atoms with Gasteiger partial charge in [0.05, 0.1) is 12.6 Å². The number of amides is 1. The highest BCUT2D eigenvalue weighted by molar-refractivity contribution is 5.75. The minimum absolute atomic E-state index is 0.243. The maximum atomic E-state index is 11.0. The summed E-state index contributed by atoms with van der Waals surface area (Å²) in [5.74, 6) is -0.243. The molecule has 0 atom stereocenters. The molecule has 0 aromatic heterocycles. The number of hydrogen-bond donors (Lipinski definition) is 1. The minimum atomic E-state index is -0.243. The Labute approximate surface area is 97.4 Å². The fourth-order valence-electron chi connectivity index (χ4n) is 2.38. The maximum Gasteiger partial charge on any atom is 0.231 e. The molecule has 0 aliphatic heterocycles. The first kappa shape index (κ1) is 13.0. The van der Waals surface area contributed by atoms with Crippen molar-refractivity contribution >= 4 is 5.91 Å². The van der Waals surface area contributed by atoms with Crippen LogP contribution in [-0.2, 0) is 4.79 Å². The van der Waals surface area contributed by atoms with Gasteiger partial charge in [-0.15, -0.1) is 0 Å². The summed E-state index contributed by atoms with van der Waals surface area (Å²) in [4.78, 5) is 13.2. The number of nitriles is 1. The number of carbonyl (C=O) groups is 1. The van der Waals surface area contributed by atoms with Crippen LogP contribution in [0.15, 0.2) is 0 Å². The first-order chi connectivity index (χ1) is 7.74. The first-order valence-corrected chi connectivity index (χ1v) is 6.13. The standard InChI is InChI=1S/C12H21N3O/c13-8-4-1-5-9-15(10-12(14)16)11-6-2-3-7-11/h11H,1-7,9-10H2,(H2,14,16). The van der Waals surface area contributed by atoms with E-state index in [1.165, 1.54) is 25.7 Å². The molecule has 1 aliphatic carbocycles. The Morgan fingerprint density at radius 1 is 1.38 bits per heavy atom. The Morgan fingerprint density at radius 3 is 2.62 bits per heavy atom. The topological polar surface area (TPSA) is 70.1 Å². The second-order valence-corrected chi connectivity index (χ2v) is 4.49. The van der Waals surface area contributed by atoms with E-state index in [0.717, 1.165) is 19.4 Å². The fraction of sp³-hybridized carbons (Fsp3) is 0.833. The van der Waals surface area contributed by atoms with Crippen LogP contribution in [0.1, 0.15) is 44.9 Å². The highest BCUT2D eigenvalue weighted by Crippen LogP contribution is 2.23. The zero-order valence-electron chi connectivity index (χ0n) is 9.82. The van der Waals surface area contributed by atoms with Gasteiger partial charge in [-0.3, -0.25) is 9.69 Å². The second-order valence-electron chi connectivity index (χ2n) is 4.49. The van der Waals surface area contributed by atoms with Crippen LogP contribution < -0.4 is 5.73 Å². The van der Waals surface area contributed by atoms with E-state index in [2.05, 4.69) is 11.0 Å². The molecule has 0 unspecified atom stereocenters. The average Bonchev–Trinajstić information content (AvgIpc) is 2.75. The number of nitrogens with zero attached hydrogens (tertiary/aromatic N) is 2. The summed E-state index contributed by atoms with van der Waals surface area (Å²) in [7, 11) is 0. The van der Waals surface area contributed by atoms with Gasteiger partial charge in [-0.05, 0) is 32.2 Å². The van der Waals surface area contributed by atoms with Crippen molar-refractivity contribution in [3.63, 3.8) is 0 Å². The van der Waals surface area contributed by atoms with Gasteiger partial charge in [0.25, 0.3) is 0 Å². The third-order valence-electron chi connectivity index (χ3n) is 3.18. The van der Waals surface area contributed by atoms with E-state index in [0.29, 0.717) is 19.0 Å². The van der Waals surface area contributed by atoms with Crippen molar-refractivity contribution in [1.29, 1.82) is 5.26 Å². The molecule has 0 aromatic rings. The molecule has 0 spiro atoms. The maximum absolute atomic E-state index is 11.0. The molecule has 0 saturated heterocycles. The molecule has 4 heteroatoms. The molecule has 1 rings (SSSR count). The molecule has 1 aliphatic rings. The van der Waals surface area contributed by atoms with E-state index in [-0.39, 0.29) is 5.91 Å². The molecule has 90 valence electrons. The van der Waals surface area contributed by atoms with E-state index in [9.17, 15) is 4.79 Å². The SMILES string of the molecule is N#CCCCCN(CC(N)=O)C1CCCC1. The van der Waals surface area contributed by atoms with E-state index >= 15 is 0 Å². The zero-order valence-corrected chi connectivity index (χ0v) is 9.82. The van der Waals surface area contributed by atoms with Crippen LogP contribution in [0.3, 0.4) is 0 Å². The van der Waals surface area contributed by atoms with Crippen molar-refractivity contribution < 1.29 is 4.79 Å². The van der Waals surface area contributed by atoms with Crippen LogP contribution in [0.5, 0.6) is 0 Å². The highest BCUT2D eigenvalue weighted by atomic mass is 16.1. The summed E-state index contributed by atoms with van der Waals surface area (Å²) < 4.78 is 0. The van der Waals surface area contributed by atoms with Gasteiger partial charge in [0.2, 0.25) is 5.91 Å². The quantitative estimate of drug-likeness (QED) is 0.663. The van der Waals surface area contributed by atoms with Crippen molar-refractivity contribution in [3.05, 3.63) is 0 Å². The Morgan fingerprint density at radius 2 is 2.06 bits per heavy atom. The largest absolute Gasteiger partial charge is 0.369 e. The number of unbranched alkanes of at least 4 members (excludes halogenated alkanes) is 2. The Kier molecular flexibility index (Phi) is 5.87. The molecule has 0 radical (unpaired) electrons. The van der Waals surface area contributed by atoms with Gasteiger partial charge in [0.1, 0.15) is 0 Å². The summed E-state index contributed by atoms with van der Waals surface area (Å²) in [6, 6.07) is 2.68. The lowest BCUT2D eigenvalue weighted by Gasteiger charge is -2.27. The molecular weight excluding hydrogens is 202 g/mol. The summed E-state index contributed by atoms with van der Waals surface area (Å²) >= 11 is 0. The Balaban J connectivity index is 2.31. The molecule has 0 bridgehead atoms. The summed E-state index contributed by atoms with van der Waals surface area (Å²) in [5, 5.41) is 8.45. The lowest BCUT2D eigenvalue weighted by atomic mass is 10.1. The molecule has 2 N–H and O–H groups in total. The Hall–Kier alpha value is -1.08. The highest BCUT2D eigenvalue weighted by Gasteiger charge is 2.22. The number of hydrogen-bond acceptors (Lipinski definition) is 3. The van der Waals surface area contributed by atoms with E-state index < -0.39 is 0 Å². The average molecular weight is 223 g/mol. The monoisotopic (exact) mass is 223 g/mol. The van der Waals surface area contributed by atoms with E-state index in [1.54, 1.807) is 0 Å². The van der Waals surface area contributed by atoms with Crippen LogP contribution in [-0.4, -0.2) is 29.9 Å². The molecular formula is C12H21N3O. The summed E-state index contributed by atoms with van der Waals surface area (Å²) in [5.41, 5.74) is 5.26. The van der Waals surface area contributed by atoms with Gasteiger partial charge in [-0.1, -0.05) is 12.8 Å². The smallest absolute Gasteiger partial charge is 0.231 e. The van der Waals surface area contributed by atoms with Gasteiger partial charge in [0.15, 0.2) is 0 Å². The van der Waals surface area contributed by atoms with E-state index in [4.69, 9.17) is 11.0 Å². The third kappa shape index (κ3) is 4.63. The number of carbonyl (C=O) groups excluding carboxylic acids is 1. The van der Waals surface area contributed by atoms with Gasteiger partial charge >= 0.3 is 0 Å². The molecule has 16 heavy (non-hydrogen) atoms. The van der Waals surface area contributed by atoms with Gasteiger partial charge in [-0.25, -0.2) is 0 Å². The Bertz CT molecular complexity index is 253. The summed E-state index contributed by atoms with van der Waals surface area (Å²) in [6.07, 6.45) is 7.40. The molecule has 1 amide bonds. The fourth-order valence-corrected chi connectivity index (χ4v) is 2.38. The first-order valence-electron chi connectivity index (χ1n) is 6.13. The molecule has 0 heterocycles. The van der Waals surface area contributed by atoms with Crippen LogP contribution in [0, 0.1) is 11.3 Å². The minimum Gasteiger partial charge on any atom is -0.369 e.